The van der Waals surface area contributed by atoms with Gasteiger partial charge in [0.15, 0.2) is 5.65 Å². The number of benzene rings is 1. The Morgan fingerprint density at radius 3 is 2.55 bits per heavy atom. The minimum Gasteiger partial charge on any atom is -0.379 e. The summed E-state index contributed by atoms with van der Waals surface area (Å²) in [7, 11) is -1.67. The summed E-state index contributed by atoms with van der Waals surface area (Å²) >= 11 is 1.60. The van der Waals surface area contributed by atoms with E-state index in [1.165, 1.54) is 9.55 Å². The van der Waals surface area contributed by atoms with Crippen LogP contribution in [0.1, 0.15) is 49.3 Å². The molecule has 0 radical (unpaired) electrons. The van der Waals surface area contributed by atoms with Crippen molar-refractivity contribution in [2.75, 3.05) is 46.4 Å². The van der Waals surface area contributed by atoms with E-state index in [0.717, 1.165) is 98.7 Å². The minimum atomic E-state index is -3.83. The molecule has 0 spiro atoms. The number of nitrogens with zero attached hydrogens (tertiary/aromatic N) is 5. The molecule has 4 aromatic rings. The highest BCUT2D eigenvalue weighted by molar-refractivity contribution is 7.90. The number of rotatable bonds is 6. The first-order valence-electron chi connectivity index (χ1n) is 14.9. The van der Waals surface area contributed by atoms with Crippen molar-refractivity contribution in [2.45, 2.75) is 49.0 Å². The topological polar surface area (TPSA) is 80.6 Å². The van der Waals surface area contributed by atoms with Crippen LogP contribution in [0.5, 0.6) is 0 Å². The van der Waals surface area contributed by atoms with Gasteiger partial charge in [0, 0.05) is 53.8 Å². The predicted octanol–water partition coefficient (Wildman–Crippen LogP) is 5.47. The maximum atomic E-state index is 13.8. The summed E-state index contributed by atoms with van der Waals surface area (Å²) in [5, 5.41) is 3.83. The number of hydrogen-bond donors (Lipinski definition) is 0. The number of piperidine rings is 1. The molecule has 1 aromatic carbocycles. The largest absolute Gasteiger partial charge is 0.379 e. The second kappa shape index (κ2) is 11.7. The van der Waals surface area contributed by atoms with Gasteiger partial charge < -0.3 is 9.64 Å². The second-order valence-corrected chi connectivity index (χ2v) is 14.4. The van der Waals surface area contributed by atoms with E-state index in [4.69, 9.17) is 14.7 Å². The number of likely N-dealkylation sites (tertiary alicyclic amines) is 1. The van der Waals surface area contributed by atoms with Gasteiger partial charge in [-0.05, 0) is 81.6 Å². The zero-order chi connectivity index (χ0) is 28.7. The first-order chi connectivity index (χ1) is 20.5. The maximum absolute atomic E-state index is 13.8. The van der Waals surface area contributed by atoms with Crippen molar-refractivity contribution in [1.29, 1.82) is 0 Å². The molecule has 5 heterocycles. The molecule has 2 fully saturated rings. The lowest BCUT2D eigenvalue weighted by Crippen LogP contribution is -2.43. The van der Waals surface area contributed by atoms with Crippen LogP contribution in [0, 0.1) is 0 Å². The number of thiazole rings is 1. The lowest BCUT2D eigenvalue weighted by molar-refractivity contribution is 0.0150. The van der Waals surface area contributed by atoms with Crippen LogP contribution in [0.2, 0.25) is 0 Å². The van der Waals surface area contributed by atoms with Crippen molar-refractivity contribution in [3.05, 3.63) is 71.5 Å². The fraction of sp³-hybridized carbons (Fsp3) is 0.438. The van der Waals surface area contributed by atoms with Crippen molar-refractivity contribution < 1.29 is 13.2 Å². The standard InChI is InChI=1S/C32H37N5O3S2/c1-35-13-11-24(12-14-35)30-22-41-32(34-30)29-21-37(42(38,39)27-5-3-2-4-6-27)31-28(29)19-25(20-33-31)23-7-9-26(10-8-23)36-15-17-40-18-16-36/h2-7,19-22,24,26H,8-18H2,1H3. The van der Waals surface area contributed by atoms with Crippen LogP contribution in [0.3, 0.4) is 0 Å². The fourth-order valence-electron chi connectivity index (χ4n) is 6.57. The fourth-order valence-corrected chi connectivity index (χ4v) is 8.84. The van der Waals surface area contributed by atoms with Crippen LogP contribution in [0.15, 0.2) is 65.1 Å². The average Bonchev–Trinajstić information content (AvgIpc) is 3.68. The van der Waals surface area contributed by atoms with Gasteiger partial charge in [-0.15, -0.1) is 11.3 Å². The molecule has 7 rings (SSSR count). The zero-order valence-corrected chi connectivity index (χ0v) is 25.6. The molecule has 0 N–H and O–H groups in total. The van der Waals surface area contributed by atoms with Crippen LogP contribution < -0.4 is 0 Å². The Bertz CT molecular complexity index is 1700. The van der Waals surface area contributed by atoms with Gasteiger partial charge in [0.25, 0.3) is 10.0 Å². The number of aromatic nitrogens is 3. The van der Waals surface area contributed by atoms with E-state index in [9.17, 15) is 8.42 Å². The minimum absolute atomic E-state index is 0.245. The summed E-state index contributed by atoms with van der Waals surface area (Å²) in [6.07, 6.45) is 11.2. The third kappa shape index (κ3) is 5.35. The van der Waals surface area contributed by atoms with Crippen molar-refractivity contribution in [3.8, 4) is 10.6 Å². The van der Waals surface area contributed by atoms with Gasteiger partial charge in [-0.25, -0.2) is 22.4 Å². The normalized spacial score (nSPS) is 21.5. The van der Waals surface area contributed by atoms with E-state index in [2.05, 4.69) is 34.4 Å². The smallest absolute Gasteiger partial charge is 0.269 e. The van der Waals surface area contributed by atoms with Gasteiger partial charge in [0.2, 0.25) is 0 Å². The van der Waals surface area contributed by atoms with Gasteiger partial charge in [-0.2, -0.15) is 0 Å². The monoisotopic (exact) mass is 603 g/mol. The van der Waals surface area contributed by atoms with Crippen molar-refractivity contribution in [1.82, 2.24) is 23.7 Å². The van der Waals surface area contributed by atoms with Crippen LogP contribution in [-0.2, 0) is 14.8 Å². The van der Waals surface area contributed by atoms with Crippen molar-refractivity contribution in [3.63, 3.8) is 0 Å². The highest BCUT2D eigenvalue weighted by Crippen LogP contribution is 2.39. The number of hydrogen-bond acceptors (Lipinski definition) is 8. The molecular weight excluding hydrogens is 567 g/mol. The molecule has 42 heavy (non-hydrogen) atoms. The Morgan fingerprint density at radius 2 is 1.81 bits per heavy atom. The number of fused-ring (bicyclic) bond motifs is 1. The van der Waals surface area contributed by atoms with Crippen LogP contribution >= 0.6 is 11.3 Å². The molecule has 0 amide bonds. The molecule has 3 aromatic heterocycles. The molecule has 1 atom stereocenters. The molecule has 8 nitrogen and oxygen atoms in total. The Morgan fingerprint density at radius 1 is 1.02 bits per heavy atom. The molecule has 3 aliphatic rings. The lowest BCUT2D eigenvalue weighted by Gasteiger charge is -2.36. The van der Waals surface area contributed by atoms with Crippen molar-refractivity contribution >= 4 is 38.0 Å². The third-order valence-corrected chi connectivity index (χ3v) is 11.7. The van der Waals surface area contributed by atoms with E-state index in [0.29, 0.717) is 17.6 Å². The predicted molar refractivity (Wildman–Crippen MR) is 167 cm³/mol. The molecule has 10 heteroatoms. The number of pyridine rings is 1. The van der Waals surface area contributed by atoms with E-state index in [1.54, 1.807) is 41.8 Å². The molecule has 220 valence electrons. The second-order valence-electron chi connectivity index (χ2n) is 11.7. The molecule has 1 aliphatic carbocycles. The summed E-state index contributed by atoms with van der Waals surface area (Å²) < 4.78 is 34.5. The van der Waals surface area contributed by atoms with Crippen LogP contribution in [0.4, 0.5) is 0 Å². The summed E-state index contributed by atoms with van der Waals surface area (Å²) in [6, 6.07) is 11.3. The number of allylic oxidation sites excluding steroid dienone is 1. The summed E-state index contributed by atoms with van der Waals surface area (Å²) in [6.45, 7) is 5.77. The lowest BCUT2D eigenvalue weighted by atomic mass is 9.90. The highest BCUT2D eigenvalue weighted by Gasteiger charge is 2.27. The molecule has 1 unspecified atom stereocenters. The first kappa shape index (κ1) is 27.9. The summed E-state index contributed by atoms with van der Waals surface area (Å²) in [4.78, 5) is 15.0. The molecule has 0 bridgehead atoms. The molecule has 2 saturated heterocycles. The zero-order valence-electron chi connectivity index (χ0n) is 24.0. The number of morpholine rings is 1. The van der Waals surface area contributed by atoms with Gasteiger partial charge in [-0.3, -0.25) is 4.90 Å². The number of ether oxygens (including phenoxy) is 1. The van der Waals surface area contributed by atoms with E-state index >= 15 is 0 Å². The molecule has 2 aliphatic heterocycles. The van der Waals surface area contributed by atoms with E-state index in [-0.39, 0.29) is 4.90 Å². The summed E-state index contributed by atoms with van der Waals surface area (Å²) in [5.74, 6) is 0.438. The van der Waals surface area contributed by atoms with Gasteiger partial charge >= 0.3 is 0 Å². The first-order valence-corrected chi connectivity index (χ1v) is 17.3. The Kier molecular flexibility index (Phi) is 7.74. The van der Waals surface area contributed by atoms with E-state index < -0.39 is 10.0 Å². The average molecular weight is 604 g/mol. The SMILES string of the molecule is CN1CCC(c2csc(-c3cn(S(=O)(=O)c4ccccc4)c4ncc(C5=CCC(N6CCOCC6)CC5)cc34)n2)CC1. The van der Waals surface area contributed by atoms with Crippen LogP contribution in [0.25, 0.3) is 27.2 Å². The Balaban J connectivity index is 1.27. The quantitative estimate of drug-likeness (QED) is 0.289. The Hall–Kier alpha value is -2.89. The van der Waals surface area contributed by atoms with Gasteiger partial charge in [0.1, 0.15) is 5.01 Å². The van der Waals surface area contributed by atoms with E-state index in [1.807, 2.05) is 12.3 Å². The van der Waals surface area contributed by atoms with Crippen molar-refractivity contribution in [2.24, 2.45) is 0 Å². The van der Waals surface area contributed by atoms with Gasteiger partial charge in [0.05, 0.1) is 23.8 Å². The summed E-state index contributed by atoms with van der Waals surface area (Å²) in [5.41, 5.74) is 4.72. The Labute approximate surface area is 251 Å². The van der Waals surface area contributed by atoms with Crippen LogP contribution in [-0.4, -0.2) is 84.6 Å². The maximum Gasteiger partial charge on any atom is 0.269 e. The molecular formula is C32H37N5O3S2. The third-order valence-electron chi connectivity index (χ3n) is 9.12. The molecule has 0 saturated carbocycles. The van der Waals surface area contributed by atoms with Gasteiger partial charge in [-0.1, -0.05) is 24.3 Å². The highest BCUT2D eigenvalue weighted by atomic mass is 32.2.